The smallest absolute Gasteiger partial charge is 0.251 e. The van der Waals surface area contributed by atoms with Gasteiger partial charge in [0, 0.05) is 17.8 Å². The van der Waals surface area contributed by atoms with Crippen LogP contribution in [0.2, 0.25) is 0 Å². The largest absolute Gasteiger partial charge is 0.385 e. The van der Waals surface area contributed by atoms with Crippen molar-refractivity contribution in [3.8, 4) is 0 Å². The molecular formula is C12H17N3O2. The van der Waals surface area contributed by atoms with Crippen LogP contribution in [0.25, 0.3) is 0 Å². The Hall–Kier alpha value is -2.04. The van der Waals surface area contributed by atoms with Gasteiger partial charge in [-0.3, -0.25) is 9.59 Å². The number of amides is 2. The van der Waals surface area contributed by atoms with E-state index in [2.05, 4.69) is 10.6 Å². The molecule has 1 atom stereocenters. The van der Waals surface area contributed by atoms with Crippen molar-refractivity contribution in [2.45, 2.75) is 19.9 Å². The van der Waals surface area contributed by atoms with E-state index in [4.69, 9.17) is 5.73 Å². The minimum absolute atomic E-state index is 0.306. The summed E-state index contributed by atoms with van der Waals surface area (Å²) in [4.78, 5) is 22.5. The van der Waals surface area contributed by atoms with Crippen molar-refractivity contribution >= 4 is 17.5 Å². The monoisotopic (exact) mass is 235 g/mol. The van der Waals surface area contributed by atoms with E-state index in [1.165, 1.54) is 0 Å². The number of carbonyl (C=O) groups excluding carboxylic acids is 2. The second-order valence-electron chi connectivity index (χ2n) is 3.71. The molecule has 5 nitrogen and oxygen atoms in total. The molecule has 0 aromatic heterocycles. The van der Waals surface area contributed by atoms with E-state index < -0.39 is 11.9 Å². The summed E-state index contributed by atoms with van der Waals surface area (Å²) in [6.45, 7) is 4.37. The van der Waals surface area contributed by atoms with Gasteiger partial charge in [0.1, 0.15) is 6.04 Å². The van der Waals surface area contributed by atoms with E-state index in [0.717, 1.165) is 12.2 Å². The fourth-order valence-corrected chi connectivity index (χ4v) is 1.29. The van der Waals surface area contributed by atoms with Crippen molar-refractivity contribution in [2.24, 2.45) is 5.73 Å². The van der Waals surface area contributed by atoms with Crippen LogP contribution in [0, 0.1) is 0 Å². The Morgan fingerprint density at radius 1 is 1.29 bits per heavy atom. The van der Waals surface area contributed by atoms with Crippen LogP contribution in [0.4, 0.5) is 5.69 Å². The minimum atomic E-state index is -0.670. The molecule has 1 rings (SSSR count). The van der Waals surface area contributed by atoms with Gasteiger partial charge < -0.3 is 16.4 Å². The number of carbonyl (C=O) groups is 2. The number of nitrogens with two attached hydrogens (primary N) is 1. The summed E-state index contributed by atoms with van der Waals surface area (Å²) < 4.78 is 0. The zero-order valence-corrected chi connectivity index (χ0v) is 9.99. The molecule has 0 fully saturated rings. The highest BCUT2D eigenvalue weighted by molar-refractivity contribution is 5.97. The molecular weight excluding hydrogens is 218 g/mol. The molecule has 0 heterocycles. The van der Waals surface area contributed by atoms with Crippen LogP contribution in [0.1, 0.15) is 24.2 Å². The molecule has 0 saturated carbocycles. The summed E-state index contributed by atoms with van der Waals surface area (Å²) in [6.07, 6.45) is 0. The lowest BCUT2D eigenvalue weighted by molar-refractivity contribution is -0.119. The van der Waals surface area contributed by atoms with Crippen molar-refractivity contribution in [2.75, 3.05) is 11.9 Å². The molecule has 0 spiro atoms. The highest BCUT2D eigenvalue weighted by Gasteiger charge is 2.13. The van der Waals surface area contributed by atoms with Gasteiger partial charge in [0.25, 0.3) is 5.91 Å². The number of hydrogen-bond acceptors (Lipinski definition) is 3. The summed E-state index contributed by atoms with van der Waals surface area (Å²) in [7, 11) is 0. The third-order valence-electron chi connectivity index (χ3n) is 2.30. The van der Waals surface area contributed by atoms with Crippen molar-refractivity contribution in [1.29, 1.82) is 0 Å². The predicted molar refractivity (Wildman–Crippen MR) is 66.7 cm³/mol. The van der Waals surface area contributed by atoms with Gasteiger partial charge in [-0.15, -0.1) is 0 Å². The van der Waals surface area contributed by atoms with Crippen LogP contribution in [-0.4, -0.2) is 24.4 Å². The maximum atomic E-state index is 11.7. The van der Waals surface area contributed by atoms with Gasteiger partial charge in [-0.25, -0.2) is 0 Å². The van der Waals surface area contributed by atoms with Crippen LogP contribution in [0.5, 0.6) is 0 Å². The Morgan fingerprint density at radius 3 is 2.35 bits per heavy atom. The third-order valence-corrected chi connectivity index (χ3v) is 2.30. The van der Waals surface area contributed by atoms with Gasteiger partial charge in [-0.05, 0) is 38.1 Å². The lowest BCUT2D eigenvalue weighted by Crippen LogP contribution is -2.42. The third kappa shape index (κ3) is 3.79. The van der Waals surface area contributed by atoms with Gasteiger partial charge in [0.2, 0.25) is 5.91 Å². The molecule has 0 aliphatic rings. The molecule has 0 radical (unpaired) electrons. The summed E-state index contributed by atoms with van der Waals surface area (Å²) in [6, 6.07) is 6.35. The van der Waals surface area contributed by atoms with E-state index >= 15 is 0 Å². The summed E-state index contributed by atoms with van der Waals surface area (Å²) in [5.74, 6) is -0.859. The second-order valence-corrected chi connectivity index (χ2v) is 3.71. The standard InChI is InChI=1S/C12H17N3O2/c1-3-14-10-6-4-9(5-7-10)12(17)15-8(2)11(13)16/h4-8,14H,3H2,1-2H3,(H2,13,16)(H,15,17). The van der Waals surface area contributed by atoms with E-state index in [-0.39, 0.29) is 5.91 Å². The topological polar surface area (TPSA) is 84.2 Å². The molecule has 4 N–H and O–H groups in total. The van der Waals surface area contributed by atoms with Crippen LogP contribution in [0.3, 0.4) is 0 Å². The maximum Gasteiger partial charge on any atom is 0.251 e. The van der Waals surface area contributed by atoms with Gasteiger partial charge >= 0.3 is 0 Å². The molecule has 0 aliphatic carbocycles. The molecule has 0 bridgehead atoms. The van der Waals surface area contributed by atoms with Crippen LogP contribution in [-0.2, 0) is 4.79 Å². The Labute approximate surface area is 100 Å². The predicted octanol–water partition coefficient (Wildman–Crippen LogP) is 0.722. The fraction of sp³-hybridized carbons (Fsp3) is 0.333. The highest BCUT2D eigenvalue weighted by atomic mass is 16.2. The molecule has 1 aromatic carbocycles. The van der Waals surface area contributed by atoms with Crippen molar-refractivity contribution < 1.29 is 9.59 Å². The van der Waals surface area contributed by atoms with Gasteiger partial charge in [-0.2, -0.15) is 0 Å². The number of nitrogens with one attached hydrogen (secondary N) is 2. The zero-order chi connectivity index (χ0) is 12.8. The number of hydrogen-bond donors (Lipinski definition) is 3. The zero-order valence-electron chi connectivity index (χ0n) is 9.99. The SMILES string of the molecule is CCNc1ccc(C(=O)NC(C)C(N)=O)cc1. The van der Waals surface area contributed by atoms with Crippen LogP contribution < -0.4 is 16.4 Å². The van der Waals surface area contributed by atoms with Gasteiger partial charge in [0.15, 0.2) is 0 Å². The molecule has 1 unspecified atom stereocenters. The number of benzene rings is 1. The Bertz CT molecular complexity index is 401. The Kier molecular flexibility index (Phi) is 4.51. The van der Waals surface area contributed by atoms with Crippen LogP contribution >= 0.6 is 0 Å². The van der Waals surface area contributed by atoms with E-state index in [1.54, 1.807) is 19.1 Å². The average Bonchev–Trinajstić information content (AvgIpc) is 2.30. The summed E-state index contributed by atoms with van der Waals surface area (Å²) >= 11 is 0. The van der Waals surface area contributed by atoms with Gasteiger partial charge in [-0.1, -0.05) is 0 Å². The molecule has 2 amide bonds. The van der Waals surface area contributed by atoms with E-state index in [0.29, 0.717) is 5.56 Å². The first-order valence-corrected chi connectivity index (χ1v) is 5.48. The second kappa shape index (κ2) is 5.89. The number of anilines is 1. The van der Waals surface area contributed by atoms with Crippen molar-refractivity contribution in [3.63, 3.8) is 0 Å². The first kappa shape index (κ1) is 13.0. The fourth-order valence-electron chi connectivity index (χ4n) is 1.29. The van der Waals surface area contributed by atoms with Gasteiger partial charge in [0.05, 0.1) is 0 Å². The average molecular weight is 235 g/mol. The van der Waals surface area contributed by atoms with Crippen molar-refractivity contribution in [3.05, 3.63) is 29.8 Å². The first-order valence-electron chi connectivity index (χ1n) is 5.48. The molecule has 0 saturated heterocycles. The molecule has 17 heavy (non-hydrogen) atoms. The molecule has 0 aliphatic heterocycles. The lowest BCUT2D eigenvalue weighted by Gasteiger charge is -2.10. The highest BCUT2D eigenvalue weighted by Crippen LogP contribution is 2.09. The molecule has 1 aromatic rings. The maximum absolute atomic E-state index is 11.7. The summed E-state index contributed by atoms with van der Waals surface area (Å²) in [5, 5.41) is 5.64. The molecule has 92 valence electrons. The Balaban J connectivity index is 2.66. The minimum Gasteiger partial charge on any atom is -0.385 e. The number of primary amides is 1. The van der Waals surface area contributed by atoms with Crippen LogP contribution in [0.15, 0.2) is 24.3 Å². The summed E-state index contributed by atoms with van der Waals surface area (Å²) in [5.41, 5.74) is 6.51. The quantitative estimate of drug-likeness (QED) is 0.703. The van der Waals surface area contributed by atoms with E-state index in [9.17, 15) is 9.59 Å². The van der Waals surface area contributed by atoms with Crippen molar-refractivity contribution in [1.82, 2.24) is 5.32 Å². The number of rotatable bonds is 5. The molecule has 5 heteroatoms. The Morgan fingerprint density at radius 2 is 1.88 bits per heavy atom. The first-order chi connectivity index (χ1) is 8.04. The lowest BCUT2D eigenvalue weighted by atomic mass is 10.2. The van der Waals surface area contributed by atoms with E-state index in [1.807, 2.05) is 19.1 Å². The normalized spacial score (nSPS) is 11.6.